The molecule has 7 nitrogen and oxygen atoms in total. The molecule has 2 saturated heterocycles. The standard InChI is InChI=1S/C30H38N6O/c1-34-15-17-36(18-16-34)29-9-7-25(8-10-29)26-19-28(21-31-20-26)33-30(37)22-32-27-11-13-35(14-12-27)23-24-5-3-2-4-6-24/h2-10,19-21,27,32H,11-18,22-23H2,1H3,(H,33,37). The van der Waals surface area contributed by atoms with Crippen molar-refractivity contribution in [2.75, 3.05) is 63.1 Å². The molecule has 3 aromatic rings. The normalized spacial score (nSPS) is 17.6. The van der Waals surface area contributed by atoms with E-state index in [2.05, 4.69) is 92.0 Å². The van der Waals surface area contributed by atoms with E-state index in [1.165, 1.54) is 11.3 Å². The summed E-state index contributed by atoms with van der Waals surface area (Å²) < 4.78 is 0. The highest BCUT2D eigenvalue weighted by molar-refractivity contribution is 5.92. The average Bonchev–Trinajstić information content (AvgIpc) is 2.94. The Morgan fingerprint density at radius 2 is 1.62 bits per heavy atom. The Labute approximate surface area is 220 Å². The van der Waals surface area contributed by atoms with Crippen LogP contribution in [-0.2, 0) is 11.3 Å². The van der Waals surface area contributed by atoms with E-state index >= 15 is 0 Å². The van der Waals surface area contributed by atoms with Crippen molar-refractivity contribution in [1.29, 1.82) is 0 Å². The van der Waals surface area contributed by atoms with Gasteiger partial charge in [-0.05, 0) is 62.3 Å². The van der Waals surface area contributed by atoms with Gasteiger partial charge in [-0.1, -0.05) is 42.5 Å². The Morgan fingerprint density at radius 3 is 2.35 bits per heavy atom. The minimum absolute atomic E-state index is 0.0314. The first-order valence-corrected chi connectivity index (χ1v) is 13.4. The molecule has 2 fully saturated rings. The van der Waals surface area contributed by atoms with E-state index in [1.807, 2.05) is 12.3 Å². The Morgan fingerprint density at radius 1 is 0.892 bits per heavy atom. The van der Waals surface area contributed by atoms with E-state index < -0.39 is 0 Å². The first-order chi connectivity index (χ1) is 18.1. The van der Waals surface area contributed by atoms with E-state index in [4.69, 9.17) is 0 Å². The molecular weight excluding hydrogens is 460 g/mol. The first-order valence-electron chi connectivity index (χ1n) is 13.4. The second kappa shape index (κ2) is 12.3. The van der Waals surface area contributed by atoms with Crippen molar-refractivity contribution in [2.24, 2.45) is 0 Å². The van der Waals surface area contributed by atoms with Crippen molar-refractivity contribution >= 4 is 17.3 Å². The van der Waals surface area contributed by atoms with Gasteiger partial charge in [-0.2, -0.15) is 0 Å². The Kier molecular flexibility index (Phi) is 8.46. The van der Waals surface area contributed by atoms with Gasteiger partial charge in [0.05, 0.1) is 18.4 Å². The van der Waals surface area contributed by atoms with Gasteiger partial charge in [0.2, 0.25) is 5.91 Å². The highest BCUT2D eigenvalue weighted by Gasteiger charge is 2.20. The zero-order chi connectivity index (χ0) is 25.5. The van der Waals surface area contributed by atoms with Crippen molar-refractivity contribution < 1.29 is 4.79 Å². The number of piperazine rings is 1. The van der Waals surface area contributed by atoms with Crippen LogP contribution in [0.15, 0.2) is 73.1 Å². The molecule has 0 spiro atoms. The van der Waals surface area contributed by atoms with Crippen LogP contribution in [0.3, 0.4) is 0 Å². The van der Waals surface area contributed by atoms with E-state index in [0.717, 1.165) is 75.5 Å². The summed E-state index contributed by atoms with van der Waals surface area (Å²) in [6.07, 6.45) is 5.67. The van der Waals surface area contributed by atoms with Crippen molar-refractivity contribution in [3.05, 3.63) is 78.6 Å². The van der Waals surface area contributed by atoms with Crippen LogP contribution in [0.1, 0.15) is 18.4 Å². The highest BCUT2D eigenvalue weighted by atomic mass is 16.1. The highest BCUT2D eigenvalue weighted by Crippen LogP contribution is 2.25. The number of benzene rings is 2. The fourth-order valence-electron chi connectivity index (χ4n) is 5.17. The number of likely N-dealkylation sites (tertiary alicyclic amines) is 1. The van der Waals surface area contributed by atoms with Crippen LogP contribution in [0, 0.1) is 0 Å². The summed E-state index contributed by atoms with van der Waals surface area (Å²) in [5.74, 6) is -0.0314. The van der Waals surface area contributed by atoms with Crippen molar-refractivity contribution in [3.8, 4) is 11.1 Å². The fraction of sp³-hybridized carbons (Fsp3) is 0.400. The van der Waals surface area contributed by atoms with Crippen LogP contribution >= 0.6 is 0 Å². The lowest BCUT2D eigenvalue weighted by Crippen LogP contribution is -2.44. The van der Waals surface area contributed by atoms with Gasteiger partial charge in [0.1, 0.15) is 0 Å². The number of aromatic nitrogens is 1. The van der Waals surface area contributed by atoms with Gasteiger partial charge in [0.25, 0.3) is 0 Å². The summed E-state index contributed by atoms with van der Waals surface area (Å²) >= 11 is 0. The molecule has 0 aliphatic carbocycles. The number of amides is 1. The predicted molar refractivity (Wildman–Crippen MR) is 151 cm³/mol. The molecule has 5 rings (SSSR count). The molecule has 7 heteroatoms. The number of hydrogen-bond donors (Lipinski definition) is 2. The fourth-order valence-corrected chi connectivity index (χ4v) is 5.17. The van der Waals surface area contributed by atoms with Gasteiger partial charge < -0.3 is 20.4 Å². The zero-order valence-corrected chi connectivity index (χ0v) is 21.8. The van der Waals surface area contributed by atoms with E-state index in [0.29, 0.717) is 12.6 Å². The molecule has 1 aromatic heterocycles. The lowest BCUT2D eigenvalue weighted by molar-refractivity contribution is -0.115. The third kappa shape index (κ3) is 7.16. The largest absolute Gasteiger partial charge is 0.369 e. The number of nitrogens with one attached hydrogen (secondary N) is 2. The topological polar surface area (TPSA) is 63.7 Å². The third-order valence-corrected chi connectivity index (χ3v) is 7.48. The minimum Gasteiger partial charge on any atom is -0.369 e. The molecule has 37 heavy (non-hydrogen) atoms. The van der Waals surface area contributed by atoms with E-state index in [-0.39, 0.29) is 5.91 Å². The number of pyridine rings is 1. The van der Waals surface area contributed by atoms with Crippen molar-refractivity contribution in [1.82, 2.24) is 20.1 Å². The molecule has 0 unspecified atom stereocenters. The minimum atomic E-state index is -0.0314. The van der Waals surface area contributed by atoms with Gasteiger partial charge in [-0.15, -0.1) is 0 Å². The molecule has 3 heterocycles. The van der Waals surface area contributed by atoms with Crippen LogP contribution < -0.4 is 15.5 Å². The summed E-state index contributed by atoms with van der Waals surface area (Å²) in [6.45, 7) is 7.70. The Hall–Kier alpha value is -3.26. The summed E-state index contributed by atoms with van der Waals surface area (Å²) in [5.41, 5.74) is 5.44. The Bertz CT molecular complexity index is 1140. The lowest BCUT2D eigenvalue weighted by atomic mass is 10.0. The molecule has 0 radical (unpaired) electrons. The maximum Gasteiger partial charge on any atom is 0.238 e. The van der Waals surface area contributed by atoms with Crippen LogP contribution in [0.25, 0.3) is 11.1 Å². The summed E-state index contributed by atoms with van der Waals surface area (Å²) in [5, 5.41) is 6.46. The molecule has 0 atom stereocenters. The van der Waals surface area contributed by atoms with Gasteiger partial charge in [-0.25, -0.2) is 0 Å². The second-order valence-electron chi connectivity index (χ2n) is 10.3. The number of anilines is 2. The van der Waals surface area contributed by atoms with Gasteiger partial charge in [0.15, 0.2) is 0 Å². The quantitative estimate of drug-likeness (QED) is 0.494. The number of piperidine rings is 1. The number of carbonyl (C=O) groups excluding carboxylic acids is 1. The SMILES string of the molecule is CN1CCN(c2ccc(-c3cncc(NC(=O)CNC4CCN(Cc5ccccc5)CC4)c3)cc2)CC1. The third-order valence-electron chi connectivity index (χ3n) is 7.48. The van der Waals surface area contributed by atoms with Gasteiger partial charge in [-0.3, -0.25) is 14.7 Å². The number of nitrogens with zero attached hydrogens (tertiary/aromatic N) is 4. The smallest absolute Gasteiger partial charge is 0.238 e. The van der Waals surface area contributed by atoms with Crippen LogP contribution in [0.5, 0.6) is 0 Å². The number of likely N-dealkylation sites (N-methyl/N-ethyl adjacent to an activating group) is 1. The summed E-state index contributed by atoms with van der Waals surface area (Å²) in [6, 6.07) is 21.6. The van der Waals surface area contributed by atoms with Crippen LogP contribution in [-0.4, -0.2) is 79.6 Å². The lowest BCUT2D eigenvalue weighted by Gasteiger charge is -2.34. The maximum atomic E-state index is 12.6. The Balaban J connectivity index is 1.08. The molecule has 2 aliphatic heterocycles. The molecule has 1 amide bonds. The number of hydrogen-bond acceptors (Lipinski definition) is 6. The number of rotatable bonds is 8. The molecule has 0 saturated carbocycles. The second-order valence-corrected chi connectivity index (χ2v) is 10.3. The van der Waals surface area contributed by atoms with Gasteiger partial charge >= 0.3 is 0 Å². The van der Waals surface area contributed by atoms with Crippen molar-refractivity contribution in [2.45, 2.75) is 25.4 Å². The van der Waals surface area contributed by atoms with E-state index in [1.54, 1.807) is 6.20 Å². The maximum absolute atomic E-state index is 12.6. The van der Waals surface area contributed by atoms with Crippen molar-refractivity contribution in [3.63, 3.8) is 0 Å². The first kappa shape index (κ1) is 25.4. The summed E-state index contributed by atoms with van der Waals surface area (Å²) in [4.78, 5) is 24.3. The monoisotopic (exact) mass is 498 g/mol. The zero-order valence-electron chi connectivity index (χ0n) is 21.8. The van der Waals surface area contributed by atoms with E-state index in [9.17, 15) is 4.79 Å². The van der Waals surface area contributed by atoms with Gasteiger partial charge in [0, 0.05) is 56.2 Å². The van der Waals surface area contributed by atoms with Crippen LogP contribution in [0.4, 0.5) is 11.4 Å². The average molecular weight is 499 g/mol. The van der Waals surface area contributed by atoms with Crippen LogP contribution in [0.2, 0.25) is 0 Å². The molecule has 194 valence electrons. The molecule has 0 bridgehead atoms. The predicted octanol–water partition coefficient (Wildman–Crippen LogP) is 3.69. The molecular formula is C30H38N6O. The molecule has 2 aromatic carbocycles. The summed E-state index contributed by atoms with van der Waals surface area (Å²) in [7, 11) is 2.17. The number of carbonyl (C=O) groups is 1. The molecule has 2 N–H and O–H groups in total. The molecule has 2 aliphatic rings.